The number of nitrogens with zero attached hydrogens (tertiary/aromatic N) is 2. The molecule has 1 saturated carbocycles. The molecule has 28 heavy (non-hydrogen) atoms. The zero-order valence-electron chi connectivity index (χ0n) is 16.2. The zero-order chi connectivity index (χ0) is 20.1. The standard InChI is InChI=1S/C20H27N3O5/c1-14(19(24)21-16-7-3-4-8-16)28-20(25)15-9-10-17(18(13-15)23(26)27)22-11-5-2-6-12-22/h9-10,13-14,16H,2-8,11-12H2,1H3,(H,21,24)/t14-/m1/s1. The number of hydrogen-bond acceptors (Lipinski definition) is 6. The summed E-state index contributed by atoms with van der Waals surface area (Å²) in [6.07, 6.45) is 6.22. The van der Waals surface area contributed by atoms with Crippen molar-refractivity contribution in [1.29, 1.82) is 0 Å². The molecule has 152 valence electrons. The first-order chi connectivity index (χ1) is 13.5. The molecule has 1 aliphatic carbocycles. The highest BCUT2D eigenvalue weighted by Crippen LogP contribution is 2.31. The Kier molecular flexibility index (Phi) is 6.49. The number of nitro benzene ring substituents is 1. The lowest BCUT2D eigenvalue weighted by Gasteiger charge is -2.28. The molecule has 0 radical (unpaired) electrons. The van der Waals surface area contributed by atoms with E-state index < -0.39 is 17.0 Å². The second-order valence-corrected chi connectivity index (χ2v) is 7.55. The number of carbonyl (C=O) groups is 2. The van der Waals surface area contributed by atoms with E-state index >= 15 is 0 Å². The number of carbonyl (C=O) groups excluding carboxylic acids is 2. The van der Waals surface area contributed by atoms with E-state index in [1.807, 2.05) is 4.90 Å². The van der Waals surface area contributed by atoms with Crippen LogP contribution in [0.25, 0.3) is 0 Å². The molecule has 1 amide bonds. The quantitative estimate of drug-likeness (QED) is 0.455. The van der Waals surface area contributed by atoms with Gasteiger partial charge in [-0.15, -0.1) is 0 Å². The molecule has 0 bridgehead atoms. The van der Waals surface area contributed by atoms with Gasteiger partial charge >= 0.3 is 5.97 Å². The van der Waals surface area contributed by atoms with Crippen LogP contribution in [0.15, 0.2) is 18.2 Å². The van der Waals surface area contributed by atoms with Crippen LogP contribution in [0.2, 0.25) is 0 Å². The number of anilines is 1. The van der Waals surface area contributed by atoms with Gasteiger partial charge in [0.15, 0.2) is 6.10 Å². The Morgan fingerprint density at radius 2 is 1.86 bits per heavy atom. The van der Waals surface area contributed by atoms with Gasteiger partial charge in [-0.1, -0.05) is 12.8 Å². The zero-order valence-corrected chi connectivity index (χ0v) is 16.2. The van der Waals surface area contributed by atoms with Crippen LogP contribution < -0.4 is 10.2 Å². The molecule has 0 unspecified atom stereocenters. The fourth-order valence-electron chi connectivity index (χ4n) is 3.87. The first kappa shape index (κ1) is 20.1. The van der Waals surface area contributed by atoms with Crippen LogP contribution >= 0.6 is 0 Å². The number of esters is 1. The first-order valence-corrected chi connectivity index (χ1v) is 10.0. The lowest BCUT2D eigenvalue weighted by molar-refractivity contribution is -0.384. The minimum atomic E-state index is -0.950. The van der Waals surface area contributed by atoms with Crippen LogP contribution in [0.1, 0.15) is 62.2 Å². The fraction of sp³-hybridized carbons (Fsp3) is 0.600. The van der Waals surface area contributed by atoms with Crippen molar-refractivity contribution in [2.24, 2.45) is 0 Å². The number of nitrogens with one attached hydrogen (secondary N) is 1. The summed E-state index contributed by atoms with van der Waals surface area (Å²) >= 11 is 0. The van der Waals surface area contributed by atoms with Crippen molar-refractivity contribution in [2.75, 3.05) is 18.0 Å². The van der Waals surface area contributed by atoms with Crippen molar-refractivity contribution < 1.29 is 19.2 Å². The van der Waals surface area contributed by atoms with E-state index in [1.54, 1.807) is 6.07 Å². The number of ether oxygens (including phenoxy) is 1. The average Bonchev–Trinajstić information content (AvgIpc) is 3.21. The number of benzene rings is 1. The highest BCUT2D eigenvalue weighted by Gasteiger charge is 2.26. The van der Waals surface area contributed by atoms with Gasteiger partial charge in [0.1, 0.15) is 5.69 Å². The summed E-state index contributed by atoms with van der Waals surface area (Å²) in [7, 11) is 0. The van der Waals surface area contributed by atoms with Crippen molar-refractivity contribution >= 4 is 23.3 Å². The smallest absolute Gasteiger partial charge is 0.339 e. The molecular formula is C20H27N3O5. The number of piperidine rings is 1. The summed E-state index contributed by atoms with van der Waals surface area (Å²) in [5.74, 6) is -1.07. The van der Waals surface area contributed by atoms with E-state index in [9.17, 15) is 19.7 Å². The summed E-state index contributed by atoms with van der Waals surface area (Å²) in [5, 5.41) is 14.4. The second kappa shape index (κ2) is 9.03. The average molecular weight is 389 g/mol. The molecule has 2 aliphatic rings. The molecule has 8 heteroatoms. The maximum Gasteiger partial charge on any atom is 0.339 e. The van der Waals surface area contributed by atoms with E-state index in [4.69, 9.17) is 4.74 Å². The van der Waals surface area contributed by atoms with Crippen LogP contribution in [0, 0.1) is 10.1 Å². The Bertz CT molecular complexity index is 739. The Balaban J connectivity index is 1.67. The summed E-state index contributed by atoms with van der Waals surface area (Å²) in [6, 6.07) is 4.51. The molecule has 1 aromatic carbocycles. The van der Waals surface area contributed by atoms with E-state index in [2.05, 4.69) is 5.32 Å². The molecule has 1 aliphatic heterocycles. The van der Waals surface area contributed by atoms with Gasteiger partial charge in [0.25, 0.3) is 11.6 Å². The van der Waals surface area contributed by atoms with Crippen LogP contribution in [-0.4, -0.2) is 42.0 Å². The number of amides is 1. The van der Waals surface area contributed by atoms with Crippen LogP contribution in [0.4, 0.5) is 11.4 Å². The number of nitro groups is 1. The molecule has 3 rings (SSSR count). The third-order valence-electron chi connectivity index (χ3n) is 5.46. The lowest BCUT2D eigenvalue weighted by atomic mass is 10.1. The fourth-order valence-corrected chi connectivity index (χ4v) is 3.87. The maximum absolute atomic E-state index is 12.4. The van der Waals surface area contributed by atoms with Crippen molar-refractivity contribution in [2.45, 2.75) is 64.0 Å². The molecule has 2 fully saturated rings. The summed E-state index contributed by atoms with van der Waals surface area (Å²) in [4.78, 5) is 37.7. The van der Waals surface area contributed by atoms with Crippen molar-refractivity contribution in [1.82, 2.24) is 5.32 Å². The maximum atomic E-state index is 12.4. The predicted molar refractivity (Wildman–Crippen MR) is 104 cm³/mol. The molecule has 0 spiro atoms. The minimum absolute atomic E-state index is 0.0768. The third kappa shape index (κ3) is 4.79. The summed E-state index contributed by atoms with van der Waals surface area (Å²) in [6.45, 7) is 3.05. The molecule has 0 aromatic heterocycles. The lowest BCUT2D eigenvalue weighted by Crippen LogP contribution is -2.40. The Hall–Kier alpha value is -2.64. The van der Waals surface area contributed by atoms with Gasteiger partial charge in [-0.25, -0.2) is 4.79 Å². The van der Waals surface area contributed by atoms with Crippen LogP contribution in [-0.2, 0) is 9.53 Å². The Morgan fingerprint density at radius 1 is 1.18 bits per heavy atom. The van der Waals surface area contributed by atoms with E-state index in [0.29, 0.717) is 5.69 Å². The van der Waals surface area contributed by atoms with Gasteiger partial charge < -0.3 is 15.0 Å². The normalized spacial score (nSPS) is 18.5. The highest BCUT2D eigenvalue weighted by molar-refractivity contribution is 5.93. The van der Waals surface area contributed by atoms with E-state index in [-0.39, 0.29) is 23.2 Å². The van der Waals surface area contributed by atoms with Crippen molar-refractivity contribution in [3.05, 3.63) is 33.9 Å². The van der Waals surface area contributed by atoms with Gasteiger partial charge in [0, 0.05) is 25.2 Å². The van der Waals surface area contributed by atoms with Crippen molar-refractivity contribution in [3.63, 3.8) is 0 Å². The monoisotopic (exact) mass is 389 g/mol. The van der Waals surface area contributed by atoms with Gasteiger partial charge in [0.05, 0.1) is 10.5 Å². The third-order valence-corrected chi connectivity index (χ3v) is 5.46. The first-order valence-electron chi connectivity index (χ1n) is 10.0. The number of hydrogen-bond donors (Lipinski definition) is 1. The van der Waals surface area contributed by atoms with Gasteiger partial charge in [-0.05, 0) is 51.2 Å². The van der Waals surface area contributed by atoms with Gasteiger partial charge in [-0.3, -0.25) is 14.9 Å². The summed E-state index contributed by atoms with van der Waals surface area (Å²) in [5.41, 5.74) is 0.487. The van der Waals surface area contributed by atoms with Gasteiger partial charge in [0.2, 0.25) is 0 Å². The van der Waals surface area contributed by atoms with E-state index in [1.165, 1.54) is 19.1 Å². The molecule has 8 nitrogen and oxygen atoms in total. The largest absolute Gasteiger partial charge is 0.449 e. The number of rotatable bonds is 6. The van der Waals surface area contributed by atoms with Crippen LogP contribution in [0.3, 0.4) is 0 Å². The highest BCUT2D eigenvalue weighted by atomic mass is 16.6. The molecule has 1 heterocycles. The van der Waals surface area contributed by atoms with Gasteiger partial charge in [-0.2, -0.15) is 0 Å². The molecule has 1 saturated heterocycles. The molecule has 1 aromatic rings. The van der Waals surface area contributed by atoms with E-state index in [0.717, 1.165) is 58.0 Å². The summed E-state index contributed by atoms with van der Waals surface area (Å²) < 4.78 is 5.24. The Morgan fingerprint density at radius 3 is 2.50 bits per heavy atom. The molecular weight excluding hydrogens is 362 g/mol. The predicted octanol–water partition coefficient (Wildman–Crippen LogP) is 3.19. The minimum Gasteiger partial charge on any atom is -0.449 e. The Labute approximate surface area is 164 Å². The van der Waals surface area contributed by atoms with Crippen molar-refractivity contribution in [3.8, 4) is 0 Å². The molecule has 1 atom stereocenters. The second-order valence-electron chi connectivity index (χ2n) is 7.55. The molecule has 1 N–H and O–H groups in total. The SMILES string of the molecule is C[C@@H](OC(=O)c1ccc(N2CCCCC2)c([N+](=O)[O-])c1)C(=O)NC1CCCC1. The van der Waals surface area contributed by atoms with Crippen LogP contribution in [0.5, 0.6) is 0 Å². The topological polar surface area (TPSA) is 102 Å².